The van der Waals surface area contributed by atoms with E-state index in [9.17, 15) is 4.79 Å². The number of amides is 1. The molecule has 1 amide bonds. The molecule has 0 aromatic heterocycles. The first-order chi connectivity index (χ1) is 6.18. The van der Waals surface area contributed by atoms with Crippen molar-refractivity contribution in [1.82, 2.24) is 5.32 Å². The Labute approximate surface area is 84.1 Å². The summed E-state index contributed by atoms with van der Waals surface area (Å²) in [5.74, 6) is 1.69. The van der Waals surface area contributed by atoms with Crippen LogP contribution in [0.25, 0.3) is 0 Å². The maximum Gasteiger partial charge on any atom is 0.221 e. The number of thioether (sulfide) groups is 1. The molecule has 13 heavy (non-hydrogen) atoms. The zero-order valence-corrected chi connectivity index (χ0v) is 8.90. The number of hydrogen-bond acceptors (Lipinski definition) is 3. The van der Waals surface area contributed by atoms with E-state index in [0.717, 1.165) is 18.1 Å². The lowest BCUT2D eigenvalue weighted by Gasteiger charge is -2.07. The van der Waals surface area contributed by atoms with Gasteiger partial charge in [-0.25, -0.2) is 0 Å². The SMILES string of the molecule is C=CCSCCNCC(C)C(N)=O. The minimum atomic E-state index is -0.244. The lowest BCUT2D eigenvalue weighted by atomic mass is 10.2. The summed E-state index contributed by atoms with van der Waals surface area (Å²) in [7, 11) is 0. The number of hydrogen-bond donors (Lipinski definition) is 2. The molecule has 0 aliphatic heterocycles. The highest BCUT2D eigenvalue weighted by Crippen LogP contribution is 1.97. The number of carbonyl (C=O) groups excluding carboxylic acids is 1. The van der Waals surface area contributed by atoms with Gasteiger partial charge in [0, 0.05) is 30.5 Å². The summed E-state index contributed by atoms with van der Waals surface area (Å²) in [6.45, 7) is 7.04. The fourth-order valence-corrected chi connectivity index (χ4v) is 1.35. The van der Waals surface area contributed by atoms with Crippen LogP contribution in [0.1, 0.15) is 6.92 Å². The second-order valence-corrected chi connectivity index (χ2v) is 4.02. The molecular formula is C9H18N2OS. The number of rotatable bonds is 8. The smallest absolute Gasteiger partial charge is 0.221 e. The minimum Gasteiger partial charge on any atom is -0.369 e. The molecule has 0 aromatic carbocycles. The molecule has 0 aliphatic carbocycles. The molecule has 1 unspecified atom stereocenters. The van der Waals surface area contributed by atoms with Crippen molar-refractivity contribution in [3.05, 3.63) is 12.7 Å². The Morgan fingerprint density at radius 3 is 3.00 bits per heavy atom. The van der Waals surface area contributed by atoms with Crippen LogP contribution in [-0.2, 0) is 4.79 Å². The fourth-order valence-electron chi connectivity index (χ4n) is 0.730. The van der Waals surface area contributed by atoms with Gasteiger partial charge in [0.25, 0.3) is 0 Å². The van der Waals surface area contributed by atoms with E-state index in [-0.39, 0.29) is 11.8 Å². The van der Waals surface area contributed by atoms with Gasteiger partial charge in [0.1, 0.15) is 0 Å². The molecular weight excluding hydrogens is 184 g/mol. The summed E-state index contributed by atoms with van der Waals surface area (Å²) in [5.41, 5.74) is 5.10. The summed E-state index contributed by atoms with van der Waals surface area (Å²) in [5, 5.41) is 3.17. The van der Waals surface area contributed by atoms with Gasteiger partial charge in [-0.05, 0) is 0 Å². The summed E-state index contributed by atoms with van der Waals surface area (Å²) in [6, 6.07) is 0. The highest BCUT2D eigenvalue weighted by Gasteiger charge is 2.06. The maximum atomic E-state index is 10.6. The first-order valence-electron chi connectivity index (χ1n) is 4.37. The Morgan fingerprint density at radius 1 is 1.77 bits per heavy atom. The third-order valence-corrected chi connectivity index (χ3v) is 2.56. The molecule has 0 saturated heterocycles. The molecule has 0 radical (unpaired) electrons. The van der Waals surface area contributed by atoms with Gasteiger partial charge >= 0.3 is 0 Å². The standard InChI is InChI=1S/C9H18N2OS/c1-3-5-13-6-4-11-7-8(2)9(10)12/h3,8,11H,1,4-7H2,2H3,(H2,10,12). The average Bonchev–Trinajstić information content (AvgIpc) is 2.10. The Balaban J connectivity index is 3.15. The van der Waals surface area contributed by atoms with Crippen molar-refractivity contribution < 1.29 is 4.79 Å². The lowest BCUT2D eigenvalue weighted by molar-refractivity contribution is -0.121. The highest BCUT2D eigenvalue weighted by molar-refractivity contribution is 7.99. The highest BCUT2D eigenvalue weighted by atomic mass is 32.2. The summed E-state index contributed by atoms with van der Waals surface area (Å²) < 4.78 is 0. The quantitative estimate of drug-likeness (QED) is 0.448. The zero-order chi connectivity index (χ0) is 10.1. The van der Waals surface area contributed by atoms with E-state index in [1.165, 1.54) is 0 Å². The fraction of sp³-hybridized carbons (Fsp3) is 0.667. The third kappa shape index (κ3) is 7.87. The van der Waals surface area contributed by atoms with Crippen molar-refractivity contribution in [1.29, 1.82) is 0 Å². The lowest BCUT2D eigenvalue weighted by Crippen LogP contribution is -2.32. The molecule has 76 valence electrons. The molecule has 1 atom stereocenters. The number of nitrogens with two attached hydrogens (primary N) is 1. The predicted octanol–water partition coefficient (Wildman–Crippen LogP) is 0.617. The van der Waals surface area contributed by atoms with Gasteiger partial charge in [-0.2, -0.15) is 11.8 Å². The molecule has 0 aliphatic rings. The first kappa shape index (κ1) is 12.5. The Morgan fingerprint density at radius 2 is 2.46 bits per heavy atom. The van der Waals surface area contributed by atoms with Crippen LogP contribution in [0.2, 0.25) is 0 Å². The van der Waals surface area contributed by atoms with Crippen LogP contribution in [-0.4, -0.2) is 30.5 Å². The second-order valence-electron chi connectivity index (χ2n) is 2.87. The zero-order valence-electron chi connectivity index (χ0n) is 8.08. The molecule has 0 fully saturated rings. The van der Waals surface area contributed by atoms with Crippen LogP contribution in [0.4, 0.5) is 0 Å². The normalized spacial score (nSPS) is 12.4. The van der Waals surface area contributed by atoms with Crippen LogP contribution in [0.5, 0.6) is 0 Å². The monoisotopic (exact) mass is 202 g/mol. The van der Waals surface area contributed by atoms with Crippen molar-refractivity contribution in [3.8, 4) is 0 Å². The van der Waals surface area contributed by atoms with Crippen molar-refractivity contribution in [2.45, 2.75) is 6.92 Å². The van der Waals surface area contributed by atoms with E-state index in [1.54, 1.807) is 0 Å². The van der Waals surface area contributed by atoms with Gasteiger partial charge in [-0.1, -0.05) is 13.0 Å². The maximum absolute atomic E-state index is 10.6. The molecule has 0 aromatic rings. The summed E-state index contributed by atoms with van der Waals surface area (Å²) in [6.07, 6.45) is 1.89. The van der Waals surface area contributed by atoms with Gasteiger partial charge in [0.15, 0.2) is 0 Å². The van der Waals surface area contributed by atoms with Gasteiger partial charge in [0.2, 0.25) is 5.91 Å². The van der Waals surface area contributed by atoms with Crippen LogP contribution in [0, 0.1) is 5.92 Å². The number of carbonyl (C=O) groups is 1. The van der Waals surface area contributed by atoms with E-state index >= 15 is 0 Å². The number of primary amides is 1. The summed E-state index contributed by atoms with van der Waals surface area (Å²) in [4.78, 5) is 10.6. The van der Waals surface area contributed by atoms with Gasteiger partial charge < -0.3 is 11.1 Å². The first-order valence-corrected chi connectivity index (χ1v) is 5.52. The molecule has 0 bridgehead atoms. The third-order valence-electron chi connectivity index (χ3n) is 1.60. The Bertz CT molecular complexity index is 162. The van der Waals surface area contributed by atoms with E-state index in [0.29, 0.717) is 6.54 Å². The van der Waals surface area contributed by atoms with Crippen molar-refractivity contribution in [2.75, 3.05) is 24.6 Å². The van der Waals surface area contributed by atoms with Crippen molar-refractivity contribution in [3.63, 3.8) is 0 Å². The molecule has 0 saturated carbocycles. The molecule has 0 spiro atoms. The van der Waals surface area contributed by atoms with Gasteiger partial charge in [-0.15, -0.1) is 6.58 Å². The van der Waals surface area contributed by atoms with Crippen LogP contribution >= 0.6 is 11.8 Å². The minimum absolute atomic E-state index is 0.0793. The van der Waals surface area contributed by atoms with E-state index in [2.05, 4.69) is 11.9 Å². The van der Waals surface area contributed by atoms with Crippen LogP contribution in [0.3, 0.4) is 0 Å². The van der Waals surface area contributed by atoms with E-state index in [4.69, 9.17) is 5.73 Å². The average molecular weight is 202 g/mol. The van der Waals surface area contributed by atoms with Crippen LogP contribution < -0.4 is 11.1 Å². The second kappa shape index (κ2) is 8.13. The molecule has 0 rings (SSSR count). The van der Waals surface area contributed by atoms with Crippen LogP contribution in [0.15, 0.2) is 12.7 Å². The molecule has 3 nitrogen and oxygen atoms in total. The van der Waals surface area contributed by atoms with E-state index in [1.807, 2.05) is 24.8 Å². The Kier molecular flexibility index (Phi) is 7.83. The largest absolute Gasteiger partial charge is 0.369 e. The van der Waals surface area contributed by atoms with E-state index < -0.39 is 0 Å². The predicted molar refractivity (Wildman–Crippen MR) is 58.8 cm³/mol. The topological polar surface area (TPSA) is 55.1 Å². The van der Waals surface area contributed by atoms with Gasteiger partial charge in [0.05, 0.1) is 0 Å². The molecule has 3 N–H and O–H groups in total. The van der Waals surface area contributed by atoms with Crippen molar-refractivity contribution >= 4 is 17.7 Å². The molecule has 0 heterocycles. The molecule has 4 heteroatoms. The summed E-state index contributed by atoms with van der Waals surface area (Å²) >= 11 is 1.82. The van der Waals surface area contributed by atoms with Crippen molar-refractivity contribution in [2.24, 2.45) is 11.7 Å². The number of nitrogens with one attached hydrogen (secondary N) is 1. The Hall–Kier alpha value is -0.480. The van der Waals surface area contributed by atoms with Gasteiger partial charge in [-0.3, -0.25) is 4.79 Å².